The van der Waals surface area contributed by atoms with Crippen molar-refractivity contribution in [1.82, 2.24) is 10.2 Å². The molecule has 158 valence electrons. The minimum atomic E-state index is -4.67. The van der Waals surface area contributed by atoms with Gasteiger partial charge in [0.05, 0.1) is 17.0 Å². The van der Waals surface area contributed by atoms with Crippen LogP contribution in [-0.2, 0) is 15.8 Å². The first-order chi connectivity index (χ1) is 13.6. The molecule has 2 fully saturated rings. The summed E-state index contributed by atoms with van der Waals surface area (Å²) in [5.74, 6) is -0.0777. The molecule has 11 heteroatoms. The van der Waals surface area contributed by atoms with Gasteiger partial charge in [-0.25, -0.2) is 0 Å². The Morgan fingerprint density at radius 2 is 1.86 bits per heavy atom. The highest BCUT2D eigenvalue weighted by molar-refractivity contribution is 5.87. The minimum absolute atomic E-state index is 0.0279. The Hall–Kier alpha value is -2.85. The zero-order chi connectivity index (χ0) is 21.3. The lowest BCUT2D eigenvalue weighted by Crippen LogP contribution is -2.51. The van der Waals surface area contributed by atoms with E-state index in [0.717, 1.165) is 18.6 Å². The molecule has 1 aromatic rings. The van der Waals surface area contributed by atoms with E-state index in [2.05, 4.69) is 5.32 Å². The van der Waals surface area contributed by atoms with Gasteiger partial charge in [0.1, 0.15) is 5.69 Å². The smallest absolute Gasteiger partial charge is 0.362 e. The molecule has 1 saturated carbocycles. The number of nitro benzene ring substituents is 1. The summed E-state index contributed by atoms with van der Waals surface area (Å²) in [6, 6.07) is 2.44. The highest BCUT2D eigenvalue weighted by Gasteiger charge is 2.39. The van der Waals surface area contributed by atoms with Gasteiger partial charge in [0.25, 0.3) is 5.69 Å². The van der Waals surface area contributed by atoms with Crippen molar-refractivity contribution in [1.29, 1.82) is 0 Å². The number of halogens is 3. The van der Waals surface area contributed by atoms with Gasteiger partial charge < -0.3 is 15.1 Å². The number of amides is 2. The number of nitrogens with one attached hydrogen (secondary N) is 1. The lowest BCUT2D eigenvalue weighted by Gasteiger charge is -2.36. The summed E-state index contributed by atoms with van der Waals surface area (Å²) in [7, 11) is 0. The third kappa shape index (κ3) is 4.77. The van der Waals surface area contributed by atoms with E-state index < -0.39 is 22.4 Å². The zero-order valence-corrected chi connectivity index (χ0v) is 15.7. The number of carbonyl (C=O) groups is 2. The second-order valence-corrected chi connectivity index (χ2v) is 7.36. The normalized spacial score (nSPS) is 21.7. The maximum absolute atomic E-state index is 12.8. The molecule has 1 saturated heterocycles. The average Bonchev–Trinajstić information content (AvgIpc) is 3.41. The summed E-state index contributed by atoms with van der Waals surface area (Å²) in [5.41, 5.74) is -1.61. The van der Waals surface area contributed by atoms with Crippen LogP contribution in [-0.4, -0.2) is 54.4 Å². The molecule has 1 aliphatic heterocycles. The largest absolute Gasteiger partial charge is 0.416 e. The molecule has 0 unspecified atom stereocenters. The van der Waals surface area contributed by atoms with Crippen molar-refractivity contribution < 1.29 is 27.7 Å². The standard InChI is InChI=1S/C18H21F3N4O4/c1-11-8-13(11)17(27)22-10-16(26)24-6-4-23(5-7-24)14-3-2-12(18(19,20)21)9-15(14)25(28)29/h2-3,9,11,13H,4-8,10H2,1H3,(H,22,27)/t11-,13-/m0/s1. The van der Waals surface area contributed by atoms with E-state index in [-0.39, 0.29) is 56.1 Å². The molecule has 1 aromatic carbocycles. The minimum Gasteiger partial charge on any atom is -0.362 e. The lowest BCUT2D eigenvalue weighted by atomic mass is 10.1. The molecule has 0 spiro atoms. The van der Waals surface area contributed by atoms with Gasteiger partial charge in [-0.2, -0.15) is 13.2 Å². The first kappa shape index (κ1) is 20.9. The highest BCUT2D eigenvalue weighted by atomic mass is 19.4. The summed E-state index contributed by atoms with van der Waals surface area (Å²) in [6.07, 6.45) is -3.85. The molecule has 1 heterocycles. The number of nitrogens with zero attached hydrogens (tertiary/aromatic N) is 3. The molecule has 2 amide bonds. The summed E-state index contributed by atoms with van der Waals surface area (Å²) in [5, 5.41) is 13.9. The van der Waals surface area contributed by atoms with Crippen LogP contribution in [0.25, 0.3) is 0 Å². The quantitative estimate of drug-likeness (QED) is 0.588. The lowest BCUT2D eigenvalue weighted by molar-refractivity contribution is -0.384. The van der Waals surface area contributed by atoms with Gasteiger partial charge in [0.15, 0.2) is 0 Å². The molecule has 2 aliphatic rings. The van der Waals surface area contributed by atoms with Crippen LogP contribution in [0.1, 0.15) is 18.9 Å². The number of hydrogen-bond acceptors (Lipinski definition) is 5. The van der Waals surface area contributed by atoms with Gasteiger partial charge in [-0.3, -0.25) is 19.7 Å². The van der Waals surface area contributed by atoms with Gasteiger partial charge in [-0.15, -0.1) is 0 Å². The number of rotatable bonds is 5. The number of alkyl halides is 3. The predicted molar refractivity (Wildman–Crippen MR) is 97.2 cm³/mol. The first-order valence-electron chi connectivity index (χ1n) is 9.24. The molecule has 0 radical (unpaired) electrons. The first-order valence-corrected chi connectivity index (χ1v) is 9.24. The fourth-order valence-electron chi connectivity index (χ4n) is 3.40. The SMILES string of the molecule is C[C@H]1C[C@@H]1C(=O)NCC(=O)N1CCN(c2ccc(C(F)(F)F)cc2[N+](=O)[O-])CC1. The van der Waals surface area contributed by atoms with Crippen molar-refractivity contribution in [2.24, 2.45) is 11.8 Å². The van der Waals surface area contributed by atoms with E-state index >= 15 is 0 Å². The van der Waals surface area contributed by atoms with Gasteiger partial charge in [0, 0.05) is 38.2 Å². The molecule has 2 atom stereocenters. The van der Waals surface area contributed by atoms with Crippen LogP contribution in [0, 0.1) is 22.0 Å². The average molecular weight is 414 g/mol. The van der Waals surface area contributed by atoms with Crippen molar-refractivity contribution in [3.05, 3.63) is 33.9 Å². The number of hydrogen-bond donors (Lipinski definition) is 1. The highest BCUT2D eigenvalue weighted by Crippen LogP contribution is 2.38. The Bertz CT molecular complexity index is 822. The summed E-state index contributed by atoms with van der Waals surface area (Å²) in [4.78, 5) is 37.6. The van der Waals surface area contributed by atoms with E-state index in [1.807, 2.05) is 6.92 Å². The van der Waals surface area contributed by atoms with E-state index in [1.165, 1.54) is 4.90 Å². The molecule has 1 N–H and O–H groups in total. The fraction of sp³-hybridized carbons (Fsp3) is 0.556. The van der Waals surface area contributed by atoms with Crippen LogP contribution in [0.3, 0.4) is 0 Å². The molecule has 1 aliphatic carbocycles. The predicted octanol–water partition coefficient (Wildman–Crippen LogP) is 2.03. The Balaban J connectivity index is 1.59. The van der Waals surface area contributed by atoms with Gasteiger partial charge in [-0.1, -0.05) is 6.92 Å². The van der Waals surface area contributed by atoms with E-state index in [1.54, 1.807) is 4.90 Å². The van der Waals surface area contributed by atoms with Crippen LogP contribution in [0.4, 0.5) is 24.5 Å². The van der Waals surface area contributed by atoms with Gasteiger partial charge in [0.2, 0.25) is 11.8 Å². The van der Waals surface area contributed by atoms with Crippen LogP contribution in [0.2, 0.25) is 0 Å². The summed E-state index contributed by atoms with van der Waals surface area (Å²) < 4.78 is 38.5. The Kier molecular flexibility index (Phi) is 5.67. The van der Waals surface area contributed by atoms with Crippen molar-refractivity contribution in [3.63, 3.8) is 0 Å². The summed E-state index contributed by atoms with van der Waals surface area (Å²) in [6.45, 7) is 2.85. The molecule has 0 aromatic heterocycles. The number of benzene rings is 1. The Labute approximate surface area is 164 Å². The van der Waals surface area contributed by atoms with E-state index in [4.69, 9.17) is 0 Å². The van der Waals surface area contributed by atoms with Gasteiger partial charge >= 0.3 is 6.18 Å². The Morgan fingerprint density at radius 1 is 1.24 bits per heavy atom. The fourth-order valence-corrected chi connectivity index (χ4v) is 3.40. The summed E-state index contributed by atoms with van der Waals surface area (Å²) >= 11 is 0. The number of piperazine rings is 1. The molecule has 8 nitrogen and oxygen atoms in total. The van der Waals surface area contributed by atoms with E-state index in [0.29, 0.717) is 12.0 Å². The van der Waals surface area contributed by atoms with Gasteiger partial charge in [-0.05, 0) is 24.5 Å². The molecular weight excluding hydrogens is 393 g/mol. The number of carbonyl (C=O) groups excluding carboxylic acids is 2. The van der Waals surface area contributed by atoms with Crippen molar-refractivity contribution >= 4 is 23.2 Å². The molecule has 29 heavy (non-hydrogen) atoms. The zero-order valence-electron chi connectivity index (χ0n) is 15.7. The van der Waals surface area contributed by atoms with Crippen LogP contribution in [0.5, 0.6) is 0 Å². The molecular formula is C18H21F3N4O4. The Morgan fingerprint density at radius 3 is 2.38 bits per heavy atom. The number of anilines is 1. The van der Waals surface area contributed by atoms with Crippen molar-refractivity contribution in [3.8, 4) is 0 Å². The maximum atomic E-state index is 12.8. The molecule has 0 bridgehead atoms. The third-order valence-electron chi connectivity index (χ3n) is 5.33. The third-order valence-corrected chi connectivity index (χ3v) is 5.33. The molecule has 3 rings (SSSR count). The maximum Gasteiger partial charge on any atom is 0.416 e. The van der Waals surface area contributed by atoms with Crippen molar-refractivity contribution in [2.75, 3.05) is 37.6 Å². The van der Waals surface area contributed by atoms with Crippen molar-refractivity contribution in [2.45, 2.75) is 19.5 Å². The van der Waals surface area contributed by atoms with E-state index in [9.17, 15) is 32.9 Å². The van der Waals surface area contributed by atoms with Crippen LogP contribution in [0.15, 0.2) is 18.2 Å². The van der Waals surface area contributed by atoms with Crippen LogP contribution < -0.4 is 10.2 Å². The monoisotopic (exact) mass is 414 g/mol. The second kappa shape index (κ2) is 7.88. The van der Waals surface area contributed by atoms with Crippen LogP contribution >= 0.6 is 0 Å². The number of nitro groups is 1. The topological polar surface area (TPSA) is 95.8 Å². The second-order valence-electron chi connectivity index (χ2n) is 7.36.